The first-order valence-corrected chi connectivity index (χ1v) is 14.0. The van der Waals surface area contributed by atoms with Gasteiger partial charge in [-0.2, -0.15) is 0 Å². The lowest BCUT2D eigenvalue weighted by molar-refractivity contribution is -0.140. The topological polar surface area (TPSA) is 88.0 Å². The highest BCUT2D eigenvalue weighted by Crippen LogP contribution is 2.49. The quantitative estimate of drug-likeness (QED) is 0.411. The number of methoxy groups -OCH3 is 1. The first-order chi connectivity index (χ1) is 18.9. The number of hydrogen-bond donors (Lipinski definition) is 1. The number of amides is 1. The summed E-state index contributed by atoms with van der Waals surface area (Å²) in [6.45, 7) is 3.99. The number of carbonyl (C=O) groups excluding carboxylic acids is 1. The van der Waals surface area contributed by atoms with E-state index in [4.69, 9.17) is 9.47 Å². The highest BCUT2D eigenvalue weighted by atomic mass is 19.1. The van der Waals surface area contributed by atoms with Crippen LogP contribution in [0.5, 0.6) is 0 Å². The van der Waals surface area contributed by atoms with Crippen LogP contribution in [0.25, 0.3) is 0 Å². The van der Waals surface area contributed by atoms with Crippen LogP contribution in [-0.2, 0) is 33.7 Å². The molecule has 1 aliphatic carbocycles. The number of aliphatic hydroxyl groups excluding tert-OH is 1. The van der Waals surface area contributed by atoms with E-state index in [1.54, 1.807) is 7.11 Å². The Morgan fingerprint density at radius 3 is 2.41 bits per heavy atom. The van der Waals surface area contributed by atoms with E-state index in [-0.39, 0.29) is 31.0 Å². The maximum atomic E-state index is 14.5. The van der Waals surface area contributed by atoms with E-state index in [0.29, 0.717) is 37.7 Å². The monoisotopic (exact) mass is 544 g/mol. The predicted molar refractivity (Wildman–Crippen MR) is 141 cm³/mol. The molecule has 2 saturated heterocycles. The minimum absolute atomic E-state index is 0.218. The number of ether oxygens (including phenoxy) is 2. The summed E-state index contributed by atoms with van der Waals surface area (Å²) in [6, 6.07) is 2.59. The van der Waals surface area contributed by atoms with Crippen LogP contribution < -0.4 is 4.90 Å². The molecule has 1 aromatic carbocycles. The summed E-state index contributed by atoms with van der Waals surface area (Å²) in [6.07, 6.45) is 7.80. The van der Waals surface area contributed by atoms with Gasteiger partial charge in [0.2, 0.25) is 11.9 Å². The van der Waals surface area contributed by atoms with E-state index in [0.717, 1.165) is 55.7 Å². The largest absolute Gasteiger partial charge is 0.389 e. The van der Waals surface area contributed by atoms with Crippen molar-refractivity contribution < 1.29 is 28.2 Å². The predicted octanol–water partition coefficient (Wildman–Crippen LogP) is 3.15. The zero-order valence-corrected chi connectivity index (χ0v) is 22.5. The molecule has 2 aliphatic heterocycles. The summed E-state index contributed by atoms with van der Waals surface area (Å²) in [5.41, 5.74) is 1.28. The van der Waals surface area contributed by atoms with Crippen molar-refractivity contribution in [3.8, 4) is 0 Å². The van der Waals surface area contributed by atoms with E-state index >= 15 is 0 Å². The average molecular weight is 545 g/mol. The second-order valence-corrected chi connectivity index (χ2v) is 11.1. The average Bonchev–Trinajstić information content (AvgIpc) is 3.69. The molecule has 1 saturated carbocycles. The molecule has 3 aliphatic rings. The number of benzene rings is 1. The van der Waals surface area contributed by atoms with Gasteiger partial charge < -0.3 is 24.4 Å². The maximum absolute atomic E-state index is 14.5. The Hall–Kier alpha value is -2.69. The molecule has 212 valence electrons. The van der Waals surface area contributed by atoms with E-state index < -0.39 is 17.7 Å². The minimum atomic E-state index is -0.707. The van der Waals surface area contributed by atoms with Crippen LogP contribution in [0, 0.1) is 29.4 Å². The molecule has 39 heavy (non-hydrogen) atoms. The number of hydrogen-bond acceptors (Lipinski definition) is 7. The molecule has 10 heteroatoms. The number of piperidine rings is 1. The highest BCUT2D eigenvalue weighted by Gasteiger charge is 2.43. The van der Waals surface area contributed by atoms with Crippen molar-refractivity contribution in [1.29, 1.82) is 0 Å². The Morgan fingerprint density at radius 1 is 1.08 bits per heavy atom. The van der Waals surface area contributed by atoms with E-state index in [2.05, 4.69) is 14.9 Å². The molecular formula is C29H38F2N4O4. The second-order valence-electron chi connectivity index (χ2n) is 11.1. The second kappa shape index (κ2) is 12.7. The van der Waals surface area contributed by atoms with Crippen molar-refractivity contribution in [2.24, 2.45) is 17.8 Å². The van der Waals surface area contributed by atoms with Crippen LogP contribution in [0.4, 0.5) is 14.7 Å². The zero-order chi connectivity index (χ0) is 27.4. The fraction of sp³-hybridized carbons (Fsp3) is 0.621. The van der Waals surface area contributed by atoms with Crippen molar-refractivity contribution in [3.63, 3.8) is 0 Å². The van der Waals surface area contributed by atoms with Gasteiger partial charge in [0, 0.05) is 63.4 Å². The van der Waals surface area contributed by atoms with Crippen molar-refractivity contribution in [3.05, 3.63) is 52.9 Å². The molecule has 0 bridgehead atoms. The van der Waals surface area contributed by atoms with E-state index in [9.17, 15) is 18.7 Å². The summed E-state index contributed by atoms with van der Waals surface area (Å²) >= 11 is 0. The van der Waals surface area contributed by atoms with Gasteiger partial charge in [0.05, 0.1) is 25.7 Å². The van der Waals surface area contributed by atoms with Crippen LogP contribution in [0.1, 0.15) is 42.4 Å². The van der Waals surface area contributed by atoms with E-state index in [1.165, 1.54) is 23.5 Å². The molecule has 8 nitrogen and oxygen atoms in total. The SMILES string of the molecule is COCc1cnc(N2CCC(C3CC3CCOCCc3cc(F)c(CC(=O)N4CC(O)C4)c(F)c3)CC2)nc1. The van der Waals surface area contributed by atoms with Gasteiger partial charge in [0.1, 0.15) is 11.6 Å². The number of likely N-dealkylation sites (tertiary alicyclic amines) is 1. The summed E-state index contributed by atoms with van der Waals surface area (Å²) in [4.78, 5) is 24.8. The fourth-order valence-electron chi connectivity index (χ4n) is 5.88. The number of nitrogens with zero attached hydrogens (tertiary/aromatic N) is 4. The Labute approximate surface area is 228 Å². The maximum Gasteiger partial charge on any atom is 0.227 e. The Balaban J connectivity index is 0.970. The van der Waals surface area contributed by atoms with Gasteiger partial charge in [-0.25, -0.2) is 18.7 Å². The Bertz CT molecular complexity index is 1100. The third kappa shape index (κ3) is 7.10. The van der Waals surface area contributed by atoms with Crippen LogP contribution in [0.15, 0.2) is 24.5 Å². The van der Waals surface area contributed by atoms with Crippen molar-refractivity contribution in [1.82, 2.24) is 14.9 Å². The first kappa shape index (κ1) is 27.9. The highest BCUT2D eigenvalue weighted by molar-refractivity contribution is 5.79. The summed E-state index contributed by atoms with van der Waals surface area (Å²) in [7, 11) is 1.66. The molecule has 2 atom stereocenters. The van der Waals surface area contributed by atoms with Gasteiger partial charge in [-0.1, -0.05) is 0 Å². The molecular weight excluding hydrogens is 506 g/mol. The number of rotatable bonds is 12. The number of aromatic nitrogens is 2. The van der Waals surface area contributed by atoms with Crippen LogP contribution in [0.3, 0.4) is 0 Å². The molecule has 5 rings (SSSR count). The standard InChI is InChI=1S/C29H38F2N4O4/c1-38-18-20-14-32-29(33-15-20)34-6-2-21(3-7-34)24-12-22(24)5-9-39-8-4-19-10-26(30)25(27(31)11-19)13-28(37)35-16-23(36)17-35/h10-11,14-15,21-24,36H,2-9,12-13,16-18H2,1H3. The van der Waals surface area contributed by atoms with Gasteiger partial charge in [-0.15, -0.1) is 0 Å². The number of halogens is 2. The van der Waals surface area contributed by atoms with Gasteiger partial charge in [-0.3, -0.25) is 4.79 Å². The summed E-state index contributed by atoms with van der Waals surface area (Å²) in [5.74, 6) is 1.21. The number of carbonyl (C=O) groups is 1. The first-order valence-electron chi connectivity index (χ1n) is 14.0. The van der Waals surface area contributed by atoms with Gasteiger partial charge >= 0.3 is 0 Å². The molecule has 2 aromatic rings. The Kier molecular flexibility index (Phi) is 9.04. The molecule has 0 radical (unpaired) electrons. The van der Waals surface area contributed by atoms with Gasteiger partial charge in [0.25, 0.3) is 0 Å². The zero-order valence-electron chi connectivity index (χ0n) is 22.5. The lowest BCUT2D eigenvalue weighted by Gasteiger charge is -2.36. The molecule has 2 unspecified atom stereocenters. The molecule has 0 spiro atoms. The third-order valence-electron chi connectivity index (χ3n) is 8.32. The Morgan fingerprint density at radius 2 is 1.77 bits per heavy atom. The summed E-state index contributed by atoms with van der Waals surface area (Å²) in [5, 5.41) is 9.31. The fourth-order valence-corrected chi connectivity index (χ4v) is 5.88. The lowest BCUT2D eigenvalue weighted by Crippen LogP contribution is -2.54. The number of aliphatic hydroxyl groups is 1. The molecule has 3 fully saturated rings. The van der Waals surface area contributed by atoms with Crippen LogP contribution in [-0.4, -0.2) is 78.5 Å². The van der Waals surface area contributed by atoms with Gasteiger partial charge in [0.15, 0.2) is 0 Å². The molecule has 1 N–H and O–H groups in total. The number of anilines is 1. The van der Waals surface area contributed by atoms with Crippen molar-refractivity contribution in [2.45, 2.75) is 51.2 Å². The van der Waals surface area contributed by atoms with Crippen molar-refractivity contribution in [2.75, 3.05) is 51.4 Å². The van der Waals surface area contributed by atoms with E-state index in [1.807, 2.05) is 12.4 Å². The normalized spacial score (nSPS) is 21.7. The smallest absolute Gasteiger partial charge is 0.227 e. The molecule has 3 heterocycles. The third-order valence-corrected chi connectivity index (χ3v) is 8.32. The lowest BCUT2D eigenvalue weighted by atomic mass is 9.90. The minimum Gasteiger partial charge on any atom is -0.389 e. The summed E-state index contributed by atoms with van der Waals surface area (Å²) < 4.78 is 39.9. The van der Waals surface area contributed by atoms with Gasteiger partial charge in [-0.05, 0) is 67.6 Å². The molecule has 1 aromatic heterocycles. The molecule has 1 amide bonds. The number of β-amino-alcohol motifs (C(OH)–C–C–N with tert-alkyl or cyclic N) is 1. The van der Waals surface area contributed by atoms with Crippen LogP contribution in [0.2, 0.25) is 0 Å². The van der Waals surface area contributed by atoms with Crippen molar-refractivity contribution >= 4 is 11.9 Å². The van der Waals surface area contributed by atoms with Crippen LogP contribution >= 0.6 is 0 Å².